The van der Waals surface area contributed by atoms with Crippen LogP contribution in [0.4, 0.5) is 4.79 Å². The zero-order chi connectivity index (χ0) is 22.2. The Morgan fingerprint density at radius 3 is 2.19 bits per heavy atom. The maximum atomic E-state index is 12.5. The predicted octanol–water partition coefficient (Wildman–Crippen LogP) is 2.22. The highest BCUT2D eigenvalue weighted by molar-refractivity contribution is 5.88. The smallest absolute Gasteiger partial charge is 0.407 e. The third kappa shape index (κ3) is 5.61. The molecule has 1 aliphatic carbocycles. The average molecular weight is 425 g/mol. The first-order valence-electron chi connectivity index (χ1n) is 10.3. The number of hydrogen-bond donors (Lipinski definition) is 4. The second-order valence-electron chi connectivity index (χ2n) is 7.42. The van der Waals surface area contributed by atoms with Gasteiger partial charge >= 0.3 is 12.1 Å². The minimum atomic E-state index is -1.16. The van der Waals surface area contributed by atoms with Crippen molar-refractivity contribution in [2.45, 2.75) is 31.2 Å². The normalized spacial score (nSPS) is 13.1. The number of ether oxygens (including phenoxy) is 1. The van der Waals surface area contributed by atoms with E-state index in [1.807, 2.05) is 36.4 Å². The molecule has 2 aromatic carbocycles. The number of aliphatic carboxylic acids is 1. The number of benzene rings is 2. The molecule has 31 heavy (non-hydrogen) atoms. The molecule has 0 radical (unpaired) electrons. The Kier molecular flexibility index (Phi) is 7.61. The van der Waals surface area contributed by atoms with Gasteiger partial charge < -0.3 is 26.2 Å². The van der Waals surface area contributed by atoms with E-state index in [2.05, 4.69) is 22.8 Å². The van der Waals surface area contributed by atoms with Gasteiger partial charge in [-0.2, -0.15) is 0 Å². The molecular formula is C23H27N3O5. The fourth-order valence-electron chi connectivity index (χ4n) is 3.83. The molecule has 5 N–H and O–H groups in total. The lowest BCUT2D eigenvalue weighted by molar-refractivity contribution is -0.138. The second kappa shape index (κ2) is 10.6. The number of carbonyl (C=O) groups is 3. The maximum absolute atomic E-state index is 12.5. The van der Waals surface area contributed by atoms with Gasteiger partial charge in [0.25, 0.3) is 0 Å². The van der Waals surface area contributed by atoms with Crippen molar-refractivity contribution in [3.8, 4) is 11.1 Å². The lowest BCUT2D eigenvalue weighted by Crippen LogP contribution is -2.48. The molecule has 8 nitrogen and oxygen atoms in total. The van der Waals surface area contributed by atoms with Gasteiger partial charge in [-0.3, -0.25) is 9.59 Å². The van der Waals surface area contributed by atoms with E-state index in [4.69, 9.17) is 15.6 Å². The molecule has 3 rings (SSSR count). The SMILES string of the molecule is NCCCC[C@H](NC(=O)OCC1c2ccccc2-c2ccccc21)C(=O)NCC(=O)O. The summed E-state index contributed by atoms with van der Waals surface area (Å²) < 4.78 is 5.48. The highest BCUT2D eigenvalue weighted by atomic mass is 16.5. The number of carbonyl (C=O) groups excluding carboxylic acids is 2. The van der Waals surface area contributed by atoms with Crippen molar-refractivity contribution < 1.29 is 24.2 Å². The lowest BCUT2D eigenvalue weighted by atomic mass is 9.98. The van der Waals surface area contributed by atoms with E-state index in [0.717, 1.165) is 22.3 Å². The average Bonchev–Trinajstić information content (AvgIpc) is 3.09. The van der Waals surface area contributed by atoms with Crippen LogP contribution in [0.15, 0.2) is 48.5 Å². The van der Waals surface area contributed by atoms with Gasteiger partial charge in [-0.05, 0) is 48.1 Å². The van der Waals surface area contributed by atoms with E-state index >= 15 is 0 Å². The summed E-state index contributed by atoms with van der Waals surface area (Å²) in [6.45, 7) is 0.0825. The Balaban J connectivity index is 1.63. The summed E-state index contributed by atoms with van der Waals surface area (Å²) in [6.07, 6.45) is 0.929. The van der Waals surface area contributed by atoms with Gasteiger partial charge in [-0.15, -0.1) is 0 Å². The Morgan fingerprint density at radius 2 is 1.61 bits per heavy atom. The summed E-state index contributed by atoms with van der Waals surface area (Å²) in [4.78, 5) is 35.5. The Bertz CT molecular complexity index is 901. The van der Waals surface area contributed by atoms with Crippen molar-refractivity contribution in [3.05, 3.63) is 59.7 Å². The number of nitrogens with two attached hydrogens (primary N) is 1. The van der Waals surface area contributed by atoms with Gasteiger partial charge in [-0.25, -0.2) is 4.79 Å². The molecule has 2 amide bonds. The topological polar surface area (TPSA) is 131 Å². The van der Waals surface area contributed by atoms with E-state index in [0.29, 0.717) is 25.8 Å². The highest BCUT2D eigenvalue weighted by Gasteiger charge is 2.29. The summed E-state index contributed by atoms with van der Waals surface area (Å²) in [5, 5.41) is 13.6. The maximum Gasteiger partial charge on any atom is 0.407 e. The van der Waals surface area contributed by atoms with Crippen molar-refractivity contribution in [2.75, 3.05) is 19.7 Å². The first kappa shape index (κ1) is 22.3. The summed E-state index contributed by atoms with van der Waals surface area (Å²) in [5.41, 5.74) is 9.93. The van der Waals surface area contributed by atoms with Crippen LogP contribution in [-0.2, 0) is 14.3 Å². The van der Waals surface area contributed by atoms with Gasteiger partial charge in [-0.1, -0.05) is 48.5 Å². The van der Waals surface area contributed by atoms with E-state index in [1.165, 1.54) is 0 Å². The van der Waals surface area contributed by atoms with Crippen LogP contribution in [0.3, 0.4) is 0 Å². The van der Waals surface area contributed by atoms with Gasteiger partial charge in [0.15, 0.2) is 0 Å². The molecule has 8 heteroatoms. The Labute approximate surface area is 180 Å². The molecule has 0 aromatic heterocycles. The van der Waals surface area contributed by atoms with Crippen LogP contribution in [0.2, 0.25) is 0 Å². The van der Waals surface area contributed by atoms with Gasteiger partial charge in [0.1, 0.15) is 19.2 Å². The molecule has 0 unspecified atom stereocenters. The minimum Gasteiger partial charge on any atom is -0.480 e. The summed E-state index contributed by atoms with van der Waals surface area (Å²) in [6, 6.07) is 15.1. The molecule has 0 spiro atoms. The number of rotatable bonds is 10. The first-order chi connectivity index (χ1) is 15.0. The molecule has 0 saturated carbocycles. The molecular weight excluding hydrogens is 398 g/mol. The van der Waals surface area contributed by atoms with E-state index in [9.17, 15) is 14.4 Å². The molecule has 1 atom stereocenters. The van der Waals surface area contributed by atoms with E-state index in [-0.39, 0.29) is 12.5 Å². The van der Waals surface area contributed by atoms with Crippen molar-refractivity contribution in [1.82, 2.24) is 10.6 Å². The fourth-order valence-corrected chi connectivity index (χ4v) is 3.83. The standard InChI is InChI=1S/C23H27N3O5/c24-12-6-5-11-20(22(29)25-13-21(27)28)26-23(30)31-14-19-17-9-3-1-7-15(17)16-8-2-4-10-18(16)19/h1-4,7-10,19-20H,5-6,11-14,24H2,(H,25,29)(H,26,30)(H,27,28)/t20-/m0/s1. The van der Waals surface area contributed by atoms with Gasteiger partial charge in [0.2, 0.25) is 5.91 Å². The zero-order valence-corrected chi connectivity index (χ0v) is 17.2. The molecule has 0 aliphatic heterocycles. The van der Waals surface area contributed by atoms with Crippen molar-refractivity contribution in [3.63, 3.8) is 0 Å². The molecule has 164 valence electrons. The number of carboxylic acid groups (broad SMARTS) is 1. The summed E-state index contributed by atoms with van der Waals surface area (Å²) in [5.74, 6) is -1.81. The van der Waals surface area contributed by atoms with Crippen molar-refractivity contribution in [2.24, 2.45) is 5.73 Å². The number of hydrogen-bond acceptors (Lipinski definition) is 5. The molecule has 0 saturated heterocycles. The van der Waals surface area contributed by atoms with Crippen molar-refractivity contribution in [1.29, 1.82) is 0 Å². The quantitative estimate of drug-likeness (QED) is 0.432. The summed E-state index contributed by atoms with van der Waals surface area (Å²) >= 11 is 0. The van der Waals surface area contributed by atoms with E-state index < -0.39 is 30.6 Å². The number of fused-ring (bicyclic) bond motifs is 3. The van der Waals surface area contributed by atoms with Crippen LogP contribution in [0.1, 0.15) is 36.3 Å². The van der Waals surface area contributed by atoms with E-state index in [1.54, 1.807) is 0 Å². The number of unbranched alkanes of at least 4 members (excludes halogenated alkanes) is 1. The Hall–Kier alpha value is -3.39. The van der Waals surface area contributed by atoms with Crippen LogP contribution >= 0.6 is 0 Å². The van der Waals surface area contributed by atoms with Crippen LogP contribution in [0.25, 0.3) is 11.1 Å². The molecule has 0 fully saturated rings. The number of amides is 2. The number of carboxylic acids is 1. The zero-order valence-electron chi connectivity index (χ0n) is 17.2. The number of nitrogens with one attached hydrogen (secondary N) is 2. The molecule has 1 aliphatic rings. The predicted molar refractivity (Wildman–Crippen MR) is 116 cm³/mol. The largest absolute Gasteiger partial charge is 0.480 e. The van der Waals surface area contributed by atoms with Crippen LogP contribution in [0.5, 0.6) is 0 Å². The lowest BCUT2D eigenvalue weighted by Gasteiger charge is -2.19. The molecule has 0 bridgehead atoms. The molecule has 2 aromatic rings. The van der Waals surface area contributed by atoms with Crippen LogP contribution < -0.4 is 16.4 Å². The van der Waals surface area contributed by atoms with Crippen LogP contribution in [-0.4, -0.2) is 48.8 Å². The third-order valence-electron chi connectivity index (χ3n) is 5.31. The minimum absolute atomic E-state index is 0.0883. The van der Waals surface area contributed by atoms with Crippen molar-refractivity contribution >= 4 is 18.0 Å². The first-order valence-corrected chi connectivity index (χ1v) is 10.3. The van der Waals surface area contributed by atoms with Crippen LogP contribution in [0, 0.1) is 0 Å². The fraction of sp³-hybridized carbons (Fsp3) is 0.348. The molecule has 0 heterocycles. The number of alkyl carbamates (subject to hydrolysis) is 1. The Morgan fingerprint density at radius 1 is 1.00 bits per heavy atom. The van der Waals surface area contributed by atoms with Gasteiger partial charge in [0.05, 0.1) is 0 Å². The third-order valence-corrected chi connectivity index (χ3v) is 5.31. The second-order valence-corrected chi connectivity index (χ2v) is 7.42. The summed E-state index contributed by atoms with van der Waals surface area (Å²) in [7, 11) is 0. The van der Waals surface area contributed by atoms with Gasteiger partial charge in [0, 0.05) is 5.92 Å². The monoisotopic (exact) mass is 425 g/mol. The highest BCUT2D eigenvalue weighted by Crippen LogP contribution is 2.44.